The smallest absolute Gasteiger partial charge is 0.241 e. The minimum Gasteiger partial charge on any atom is -0.506 e. The highest BCUT2D eigenvalue weighted by Crippen LogP contribution is 2.28. The molecule has 5 heteroatoms. The maximum Gasteiger partial charge on any atom is 0.241 e. The van der Waals surface area contributed by atoms with Crippen LogP contribution in [0.25, 0.3) is 0 Å². The number of phenolic OH excluding ortho intramolecular Hbond substituents is 1. The molecule has 0 bridgehead atoms. The van der Waals surface area contributed by atoms with Crippen molar-refractivity contribution in [2.75, 3.05) is 12.4 Å². The Morgan fingerprint density at radius 3 is 2.50 bits per heavy atom. The first-order chi connectivity index (χ1) is 8.25. The number of anilines is 1. The molecule has 0 saturated carbocycles. The van der Waals surface area contributed by atoms with Gasteiger partial charge in [-0.2, -0.15) is 0 Å². The minimum atomic E-state index is -0.654. The first-order valence-corrected chi connectivity index (χ1v) is 5.69. The maximum atomic E-state index is 11.9. The van der Waals surface area contributed by atoms with Crippen LogP contribution in [0.3, 0.4) is 0 Å². The fraction of sp³-hybridized carbons (Fsp3) is 0.462. The third-order valence-electron chi connectivity index (χ3n) is 2.68. The number of nitrogens with one attached hydrogen (secondary N) is 1. The lowest BCUT2D eigenvalue weighted by atomic mass is 9.87. The fourth-order valence-electron chi connectivity index (χ4n) is 1.35. The van der Waals surface area contributed by atoms with E-state index >= 15 is 0 Å². The van der Waals surface area contributed by atoms with Crippen molar-refractivity contribution in [1.82, 2.24) is 0 Å². The van der Waals surface area contributed by atoms with Crippen LogP contribution in [0.2, 0.25) is 0 Å². The van der Waals surface area contributed by atoms with Crippen molar-refractivity contribution in [3.05, 3.63) is 18.2 Å². The van der Waals surface area contributed by atoms with Gasteiger partial charge in [0.05, 0.1) is 18.8 Å². The number of hydrogen-bond donors (Lipinski definition) is 3. The predicted molar refractivity (Wildman–Crippen MR) is 70.7 cm³/mol. The van der Waals surface area contributed by atoms with E-state index in [4.69, 9.17) is 10.5 Å². The second-order valence-electron chi connectivity index (χ2n) is 5.22. The average Bonchev–Trinajstić information content (AvgIpc) is 2.29. The molecule has 0 saturated heterocycles. The molecule has 5 nitrogen and oxygen atoms in total. The molecule has 100 valence electrons. The standard InChI is InChI=1S/C13H20N2O3/c1-13(2,3)11(14)12(17)15-9-6-5-8(18-4)7-10(9)16/h5-7,11,16H,14H2,1-4H3,(H,15,17)/t11-/m0/s1. The van der Waals surface area contributed by atoms with Crippen LogP contribution < -0.4 is 15.8 Å². The molecule has 0 aromatic heterocycles. The van der Waals surface area contributed by atoms with E-state index in [1.165, 1.54) is 13.2 Å². The van der Waals surface area contributed by atoms with Crippen molar-refractivity contribution in [2.45, 2.75) is 26.8 Å². The Labute approximate surface area is 107 Å². The molecule has 1 atom stereocenters. The van der Waals surface area contributed by atoms with Gasteiger partial charge in [0.25, 0.3) is 0 Å². The van der Waals surface area contributed by atoms with Crippen molar-refractivity contribution < 1.29 is 14.6 Å². The number of methoxy groups -OCH3 is 1. The number of phenols is 1. The van der Waals surface area contributed by atoms with Crippen LogP contribution in [0.5, 0.6) is 11.5 Å². The zero-order valence-electron chi connectivity index (χ0n) is 11.2. The molecular weight excluding hydrogens is 232 g/mol. The van der Waals surface area contributed by atoms with Gasteiger partial charge in [-0.15, -0.1) is 0 Å². The molecule has 0 radical (unpaired) electrons. The van der Waals surface area contributed by atoms with Gasteiger partial charge in [0.2, 0.25) is 5.91 Å². The molecule has 1 aromatic carbocycles. The van der Waals surface area contributed by atoms with E-state index in [1.807, 2.05) is 20.8 Å². The highest BCUT2D eigenvalue weighted by atomic mass is 16.5. The molecular formula is C13H20N2O3. The number of ether oxygens (including phenoxy) is 1. The molecule has 0 aliphatic rings. The molecule has 0 heterocycles. The summed E-state index contributed by atoms with van der Waals surface area (Å²) in [5, 5.41) is 12.3. The highest BCUT2D eigenvalue weighted by molar-refractivity contribution is 5.96. The van der Waals surface area contributed by atoms with Gasteiger partial charge in [-0.3, -0.25) is 4.79 Å². The van der Waals surface area contributed by atoms with Crippen LogP contribution in [-0.4, -0.2) is 24.2 Å². The molecule has 0 fully saturated rings. The summed E-state index contributed by atoms with van der Waals surface area (Å²) < 4.78 is 4.96. The van der Waals surface area contributed by atoms with E-state index in [2.05, 4.69) is 5.32 Å². The SMILES string of the molecule is COc1ccc(NC(=O)[C@H](N)C(C)(C)C)c(O)c1. The van der Waals surface area contributed by atoms with E-state index in [1.54, 1.807) is 12.1 Å². The molecule has 1 amide bonds. The van der Waals surface area contributed by atoms with Crippen LogP contribution in [0, 0.1) is 5.41 Å². The van der Waals surface area contributed by atoms with Crippen molar-refractivity contribution in [2.24, 2.45) is 11.1 Å². The first-order valence-electron chi connectivity index (χ1n) is 5.69. The minimum absolute atomic E-state index is 0.0520. The van der Waals surface area contributed by atoms with Crippen molar-refractivity contribution in [1.29, 1.82) is 0 Å². The largest absolute Gasteiger partial charge is 0.506 e. The number of rotatable bonds is 3. The Morgan fingerprint density at radius 1 is 1.44 bits per heavy atom. The summed E-state index contributed by atoms with van der Waals surface area (Å²) >= 11 is 0. The lowest BCUT2D eigenvalue weighted by molar-refractivity contribution is -0.119. The molecule has 0 aliphatic heterocycles. The Bertz CT molecular complexity index is 438. The number of carbonyl (C=O) groups excluding carboxylic acids is 1. The lowest BCUT2D eigenvalue weighted by Crippen LogP contribution is -2.45. The summed E-state index contributed by atoms with van der Waals surface area (Å²) in [4.78, 5) is 11.9. The van der Waals surface area contributed by atoms with Crippen molar-refractivity contribution in [3.8, 4) is 11.5 Å². The predicted octanol–water partition coefficient (Wildman–Crippen LogP) is 1.71. The Kier molecular flexibility index (Phi) is 4.19. The van der Waals surface area contributed by atoms with E-state index in [0.717, 1.165) is 0 Å². The molecule has 18 heavy (non-hydrogen) atoms. The zero-order valence-corrected chi connectivity index (χ0v) is 11.2. The molecule has 1 aromatic rings. The van der Waals surface area contributed by atoms with Gasteiger partial charge in [0.15, 0.2) is 0 Å². The van der Waals surface area contributed by atoms with E-state index in [-0.39, 0.29) is 17.1 Å². The van der Waals surface area contributed by atoms with E-state index in [0.29, 0.717) is 11.4 Å². The topological polar surface area (TPSA) is 84.6 Å². The number of nitrogens with two attached hydrogens (primary N) is 1. The number of hydrogen-bond acceptors (Lipinski definition) is 4. The third-order valence-corrected chi connectivity index (χ3v) is 2.68. The number of benzene rings is 1. The summed E-state index contributed by atoms with van der Waals surface area (Å²) in [6.07, 6.45) is 0. The molecule has 0 aliphatic carbocycles. The van der Waals surface area contributed by atoms with Gasteiger partial charge in [-0.1, -0.05) is 20.8 Å². The molecule has 0 spiro atoms. The zero-order chi connectivity index (χ0) is 13.9. The van der Waals surface area contributed by atoms with Crippen LogP contribution in [0.4, 0.5) is 5.69 Å². The maximum absolute atomic E-state index is 11.9. The second kappa shape index (κ2) is 5.27. The van der Waals surface area contributed by atoms with Crippen molar-refractivity contribution in [3.63, 3.8) is 0 Å². The van der Waals surface area contributed by atoms with Gasteiger partial charge in [-0.25, -0.2) is 0 Å². The Hall–Kier alpha value is -1.75. The van der Waals surface area contributed by atoms with E-state index in [9.17, 15) is 9.90 Å². The number of amides is 1. The van der Waals surface area contributed by atoms with Gasteiger partial charge < -0.3 is 20.9 Å². The average molecular weight is 252 g/mol. The molecule has 0 unspecified atom stereocenters. The van der Waals surface area contributed by atoms with Crippen molar-refractivity contribution >= 4 is 11.6 Å². The summed E-state index contributed by atoms with van der Waals surface area (Å²) in [6.45, 7) is 5.64. The molecule has 1 rings (SSSR count). The summed E-state index contributed by atoms with van der Waals surface area (Å²) in [7, 11) is 1.50. The first kappa shape index (κ1) is 14.3. The fourth-order valence-corrected chi connectivity index (χ4v) is 1.35. The normalized spacial score (nSPS) is 12.9. The summed E-state index contributed by atoms with van der Waals surface area (Å²) in [5.74, 6) is 0.136. The number of aromatic hydroxyl groups is 1. The summed E-state index contributed by atoms with van der Waals surface area (Å²) in [6, 6.07) is 4.00. The van der Waals surface area contributed by atoms with Crippen LogP contribution in [0.15, 0.2) is 18.2 Å². The van der Waals surface area contributed by atoms with Gasteiger partial charge in [0.1, 0.15) is 11.5 Å². The lowest BCUT2D eigenvalue weighted by Gasteiger charge is -2.25. The van der Waals surface area contributed by atoms with Crippen LogP contribution in [0.1, 0.15) is 20.8 Å². The monoisotopic (exact) mass is 252 g/mol. The Morgan fingerprint density at radius 2 is 2.06 bits per heavy atom. The second-order valence-corrected chi connectivity index (χ2v) is 5.22. The Balaban J connectivity index is 2.83. The van der Waals surface area contributed by atoms with Crippen LogP contribution >= 0.6 is 0 Å². The highest BCUT2D eigenvalue weighted by Gasteiger charge is 2.27. The summed E-state index contributed by atoms with van der Waals surface area (Å²) in [5.41, 5.74) is 5.81. The van der Waals surface area contributed by atoms with Crippen LogP contribution in [-0.2, 0) is 4.79 Å². The quantitative estimate of drug-likeness (QED) is 0.715. The number of carbonyl (C=O) groups is 1. The molecule has 4 N–H and O–H groups in total. The van der Waals surface area contributed by atoms with E-state index < -0.39 is 6.04 Å². The van der Waals surface area contributed by atoms with Gasteiger partial charge in [0, 0.05) is 6.07 Å². The van der Waals surface area contributed by atoms with Gasteiger partial charge in [-0.05, 0) is 17.5 Å². The van der Waals surface area contributed by atoms with Gasteiger partial charge >= 0.3 is 0 Å². The third kappa shape index (κ3) is 3.37.